The Labute approximate surface area is 113 Å². The molecule has 0 amide bonds. The molecule has 0 bridgehead atoms. The first-order valence-corrected chi connectivity index (χ1v) is 8.54. The van der Waals surface area contributed by atoms with Crippen LogP contribution in [0.5, 0.6) is 0 Å². The zero-order chi connectivity index (χ0) is 12.1. The molecule has 90 valence electrons. The van der Waals surface area contributed by atoms with Crippen molar-refractivity contribution in [2.75, 3.05) is 12.4 Å². The normalized spacial score (nSPS) is 12.4. The van der Waals surface area contributed by atoms with Crippen molar-refractivity contribution in [3.05, 3.63) is 46.7 Å². The summed E-state index contributed by atoms with van der Waals surface area (Å²) in [5, 5.41) is 5.48. The SMILES string of the molecule is CCC([Se]c1ccccc1)c1sccc1NC. The van der Waals surface area contributed by atoms with Gasteiger partial charge in [-0.1, -0.05) is 0 Å². The number of hydrogen-bond acceptors (Lipinski definition) is 2. The number of rotatable bonds is 5. The van der Waals surface area contributed by atoms with E-state index in [1.54, 1.807) is 0 Å². The molecule has 3 heteroatoms. The van der Waals surface area contributed by atoms with Crippen LogP contribution in [0.2, 0.25) is 0 Å². The van der Waals surface area contributed by atoms with E-state index in [0.717, 1.165) is 0 Å². The number of benzene rings is 1. The van der Waals surface area contributed by atoms with Crippen LogP contribution in [-0.2, 0) is 0 Å². The van der Waals surface area contributed by atoms with Crippen molar-refractivity contribution in [3.63, 3.8) is 0 Å². The molecule has 0 spiro atoms. The molecular weight excluding hydrogens is 293 g/mol. The molecule has 1 N–H and O–H groups in total. The molecule has 2 rings (SSSR count). The third-order valence-corrected chi connectivity index (χ3v) is 6.95. The Morgan fingerprint density at radius 2 is 2.00 bits per heavy atom. The van der Waals surface area contributed by atoms with Crippen LogP contribution < -0.4 is 9.78 Å². The van der Waals surface area contributed by atoms with Crippen molar-refractivity contribution < 1.29 is 0 Å². The van der Waals surface area contributed by atoms with E-state index in [0.29, 0.717) is 19.8 Å². The molecule has 0 radical (unpaired) electrons. The van der Waals surface area contributed by atoms with Gasteiger partial charge >= 0.3 is 114 Å². The summed E-state index contributed by atoms with van der Waals surface area (Å²) in [5.41, 5.74) is 1.31. The summed E-state index contributed by atoms with van der Waals surface area (Å²) in [6.07, 6.45) is 1.21. The molecule has 17 heavy (non-hydrogen) atoms. The third-order valence-electron chi connectivity index (χ3n) is 2.65. The molecule has 1 aromatic carbocycles. The Kier molecular flexibility index (Phi) is 4.66. The van der Waals surface area contributed by atoms with Gasteiger partial charge in [-0.25, -0.2) is 0 Å². The maximum absolute atomic E-state index is 3.30. The standard InChI is InChI=1S/C14H17NSSe/c1-3-13(14-12(15-2)9-10-16-14)17-11-7-5-4-6-8-11/h4-10,13,15H,3H2,1-2H3. The van der Waals surface area contributed by atoms with Gasteiger partial charge in [0.15, 0.2) is 0 Å². The minimum absolute atomic E-state index is 0.520. The van der Waals surface area contributed by atoms with Crippen molar-refractivity contribution in [3.8, 4) is 0 Å². The molecule has 0 aliphatic rings. The van der Waals surface area contributed by atoms with E-state index in [4.69, 9.17) is 0 Å². The Morgan fingerprint density at radius 1 is 1.24 bits per heavy atom. The minimum atomic E-state index is 0.520. The van der Waals surface area contributed by atoms with E-state index >= 15 is 0 Å². The van der Waals surface area contributed by atoms with Crippen LogP contribution in [0.4, 0.5) is 5.69 Å². The van der Waals surface area contributed by atoms with Gasteiger partial charge in [-0.2, -0.15) is 0 Å². The van der Waals surface area contributed by atoms with Gasteiger partial charge in [0.2, 0.25) is 0 Å². The van der Waals surface area contributed by atoms with Gasteiger partial charge in [0.05, 0.1) is 0 Å². The first-order chi connectivity index (χ1) is 8.35. The quantitative estimate of drug-likeness (QED) is 0.836. The van der Waals surface area contributed by atoms with Gasteiger partial charge in [0.25, 0.3) is 0 Å². The monoisotopic (exact) mass is 311 g/mol. The van der Waals surface area contributed by atoms with Gasteiger partial charge in [0.1, 0.15) is 0 Å². The summed E-state index contributed by atoms with van der Waals surface area (Å²) in [6, 6.07) is 13.0. The Bertz CT molecular complexity index is 452. The van der Waals surface area contributed by atoms with Crippen LogP contribution in [-0.4, -0.2) is 22.0 Å². The van der Waals surface area contributed by atoms with Crippen LogP contribution in [0.15, 0.2) is 41.8 Å². The summed E-state index contributed by atoms with van der Waals surface area (Å²) >= 11 is 2.40. The molecule has 0 saturated heterocycles. The van der Waals surface area contributed by atoms with Crippen molar-refractivity contribution in [2.45, 2.75) is 18.2 Å². The van der Waals surface area contributed by atoms with Gasteiger partial charge in [-0.3, -0.25) is 0 Å². The topological polar surface area (TPSA) is 12.0 Å². The van der Waals surface area contributed by atoms with Gasteiger partial charge < -0.3 is 0 Å². The van der Waals surface area contributed by atoms with E-state index in [1.807, 2.05) is 18.4 Å². The maximum atomic E-state index is 3.30. The molecule has 0 fully saturated rings. The van der Waals surface area contributed by atoms with E-state index in [-0.39, 0.29) is 0 Å². The first-order valence-electron chi connectivity index (χ1n) is 5.82. The molecule has 2 aromatic rings. The second-order valence-electron chi connectivity index (χ2n) is 3.78. The molecule has 1 nitrogen and oxygen atoms in total. The molecular formula is C14H17NSSe. The van der Waals surface area contributed by atoms with E-state index in [9.17, 15) is 0 Å². The van der Waals surface area contributed by atoms with Crippen LogP contribution in [0.1, 0.15) is 23.0 Å². The Morgan fingerprint density at radius 3 is 2.65 bits per heavy atom. The Balaban J connectivity index is 2.17. The fourth-order valence-corrected chi connectivity index (χ4v) is 5.52. The van der Waals surface area contributed by atoms with Crippen molar-refractivity contribution >= 4 is 36.4 Å². The van der Waals surface area contributed by atoms with Gasteiger partial charge in [0, 0.05) is 0 Å². The van der Waals surface area contributed by atoms with Gasteiger partial charge in [-0.05, 0) is 0 Å². The second kappa shape index (κ2) is 6.25. The number of thiophene rings is 1. The zero-order valence-electron chi connectivity index (χ0n) is 10.1. The molecule has 1 heterocycles. The number of hydrogen-bond donors (Lipinski definition) is 1. The number of nitrogens with one attached hydrogen (secondary N) is 1. The summed E-state index contributed by atoms with van der Waals surface area (Å²) < 4.78 is 1.49. The molecule has 1 aromatic heterocycles. The molecule has 0 saturated carbocycles. The summed E-state index contributed by atoms with van der Waals surface area (Å²) in [6.45, 7) is 2.29. The predicted molar refractivity (Wildman–Crippen MR) is 78.7 cm³/mol. The fraction of sp³-hybridized carbons (Fsp3) is 0.286. The zero-order valence-corrected chi connectivity index (χ0v) is 12.7. The van der Waals surface area contributed by atoms with Gasteiger partial charge in [-0.15, -0.1) is 0 Å². The predicted octanol–water partition coefficient (Wildman–Crippen LogP) is 3.27. The average molecular weight is 310 g/mol. The fourth-order valence-electron chi connectivity index (χ4n) is 1.76. The first kappa shape index (κ1) is 12.7. The van der Waals surface area contributed by atoms with Crippen LogP contribution in [0.3, 0.4) is 0 Å². The third kappa shape index (κ3) is 3.12. The van der Waals surface area contributed by atoms with Crippen LogP contribution in [0.25, 0.3) is 0 Å². The van der Waals surface area contributed by atoms with Crippen molar-refractivity contribution in [2.24, 2.45) is 0 Å². The summed E-state index contributed by atoms with van der Waals surface area (Å²) in [4.78, 5) is 2.20. The van der Waals surface area contributed by atoms with E-state index in [2.05, 4.69) is 54.0 Å². The van der Waals surface area contributed by atoms with Crippen LogP contribution >= 0.6 is 11.3 Å². The van der Waals surface area contributed by atoms with Crippen LogP contribution in [0, 0.1) is 0 Å². The van der Waals surface area contributed by atoms with Crippen molar-refractivity contribution in [1.29, 1.82) is 0 Å². The molecule has 0 aliphatic carbocycles. The number of anilines is 1. The molecule has 1 unspecified atom stereocenters. The van der Waals surface area contributed by atoms with E-state index in [1.165, 1.54) is 21.4 Å². The Hall–Kier alpha value is -0.761. The second-order valence-corrected chi connectivity index (χ2v) is 7.40. The molecule has 1 atom stereocenters. The summed E-state index contributed by atoms with van der Waals surface area (Å²) in [5.74, 6) is 0. The van der Waals surface area contributed by atoms with Crippen molar-refractivity contribution in [1.82, 2.24) is 0 Å². The molecule has 0 aliphatic heterocycles. The summed E-state index contributed by atoms with van der Waals surface area (Å²) in [7, 11) is 2.01. The van der Waals surface area contributed by atoms with E-state index < -0.39 is 0 Å². The average Bonchev–Trinajstić information content (AvgIpc) is 2.85.